The first kappa shape index (κ1) is 17.0. The lowest BCUT2D eigenvalue weighted by atomic mass is 10.1. The molecule has 124 valence electrons. The molecule has 1 saturated heterocycles. The molecule has 1 aromatic heterocycles. The first-order chi connectivity index (χ1) is 10.5. The largest absolute Gasteiger partial charge is 0.474 e. The highest BCUT2D eigenvalue weighted by molar-refractivity contribution is 7.92. The standard InChI is InChI=1S/C15H25N3O3S/c1-3-4-11-22(19,20)17-13-5-6-15(16-12-13)21-14-7-9-18(2)10-8-14/h5-6,12,14,17H,3-4,7-11H2,1-2H3. The summed E-state index contributed by atoms with van der Waals surface area (Å²) < 4.78 is 32.0. The van der Waals surface area contributed by atoms with Crippen molar-refractivity contribution in [2.45, 2.75) is 38.7 Å². The molecule has 0 atom stereocenters. The summed E-state index contributed by atoms with van der Waals surface area (Å²) in [5.74, 6) is 0.684. The number of nitrogens with one attached hydrogen (secondary N) is 1. The zero-order chi connectivity index (χ0) is 16.0. The molecule has 1 aliphatic rings. The van der Waals surface area contributed by atoms with Crippen molar-refractivity contribution in [3.05, 3.63) is 18.3 Å². The van der Waals surface area contributed by atoms with Crippen LogP contribution in [0.1, 0.15) is 32.6 Å². The number of aromatic nitrogens is 1. The van der Waals surface area contributed by atoms with Crippen molar-refractivity contribution < 1.29 is 13.2 Å². The quantitative estimate of drug-likeness (QED) is 0.830. The van der Waals surface area contributed by atoms with E-state index < -0.39 is 10.0 Å². The van der Waals surface area contributed by atoms with Crippen LogP contribution >= 0.6 is 0 Å². The van der Waals surface area contributed by atoms with E-state index in [4.69, 9.17) is 4.74 Å². The highest BCUT2D eigenvalue weighted by Gasteiger charge is 2.18. The molecule has 2 rings (SSSR count). The Morgan fingerprint density at radius 3 is 2.68 bits per heavy atom. The Morgan fingerprint density at radius 1 is 1.36 bits per heavy atom. The van der Waals surface area contributed by atoms with Gasteiger partial charge in [0, 0.05) is 19.2 Å². The number of hydrogen-bond donors (Lipinski definition) is 1. The summed E-state index contributed by atoms with van der Waals surface area (Å²) in [6.45, 7) is 4.02. The number of piperidine rings is 1. The number of anilines is 1. The lowest BCUT2D eigenvalue weighted by Crippen LogP contribution is -2.35. The third-order valence-corrected chi connectivity index (χ3v) is 5.10. The Hall–Kier alpha value is -1.34. The molecule has 1 fully saturated rings. The molecule has 0 radical (unpaired) electrons. The number of nitrogens with zero attached hydrogens (tertiary/aromatic N) is 2. The monoisotopic (exact) mass is 327 g/mol. The van der Waals surface area contributed by atoms with Crippen LogP contribution in [0.25, 0.3) is 0 Å². The van der Waals surface area contributed by atoms with Crippen molar-refractivity contribution in [3.8, 4) is 5.88 Å². The van der Waals surface area contributed by atoms with Gasteiger partial charge in [-0.3, -0.25) is 4.72 Å². The van der Waals surface area contributed by atoms with Gasteiger partial charge < -0.3 is 9.64 Å². The molecule has 1 aliphatic heterocycles. The van der Waals surface area contributed by atoms with Gasteiger partial charge in [-0.25, -0.2) is 13.4 Å². The van der Waals surface area contributed by atoms with Gasteiger partial charge in [-0.05, 0) is 32.4 Å². The van der Waals surface area contributed by atoms with Crippen molar-refractivity contribution >= 4 is 15.7 Å². The second-order valence-electron chi connectivity index (χ2n) is 5.78. The average molecular weight is 327 g/mol. The maximum atomic E-state index is 11.8. The lowest BCUT2D eigenvalue weighted by molar-refractivity contribution is 0.110. The summed E-state index contributed by atoms with van der Waals surface area (Å²) in [4.78, 5) is 6.47. The molecule has 0 aromatic carbocycles. The number of rotatable bonds is 7. The number of unbranched alkanes of at least 4 members (excludes halogenated alkanes) is 1. The van der Waals surface area contributed by atoms with E-state index in [2.05, 4.69) is 21.7 Å². The summed E-state index contributed by atoms with van der Waals surface area (Å²) in [7, 11) is -1.17. The van der Waals surface area contributed by atoms with Crippen LogP contribution in [-0.4, -0.2) is 50.3 Å². The zero-order valence-corrected chi connectivity index (χ0v) is 14.1. The number of hydrogen-bond acceptors (Lipinski definition) is 5. The molecular weight excluding hydrogens is 302 g/mol. The lowest BCUT2D eigenvalue weighted by Gasteiger charge is -2.28. The molecule has 0 unspecified atom stereocenters. The van der Waals surface area contributed by atoms with E-state index >= 15 is 0 Å². The van der Waals surface area contributed by atoms with E-state index in [1.54, 1.807) is 12.1 Å². The van der Waals surface area contributed by atoms with Gasteiger partial charge in [0.1, 0.15) is 6.10 Å². The van der Waals surface area contributed by atoms with Crippen LogP contribution in [0.3, 0.4) is 0 Å². The van der Waals surface area contributed by atoms with E-state index in [1.165, 1.54) is 6.20 Å². The summed E-state index contributed by atoms with van der Waals surface area (Å²) >= 11 is 0. The number of likely N-dealkylation sites (tertiary alicyclic amines) is 1. The fourth-order valence-electron chi connectivity index (χ4n) is 2.35. The summed E-state index contributed by atoms with van der Waals surface area (Å²) in [5.41, 5.74) is 0.479. The topological polar surface area (TPSA) is 71.5 Å². The fraction of sp³-hybridized carbons (Fsp3) is 0.667. The molecule has 1 aromatic rings. The minimum Gasteiger partial charge on any atom is -0.474 e. The van der Waals surface area contributed by atoms with Crippen LogP contribution in [0.2, 0.25) is 0 Å². The van der Waals surface area contributed by atoms with Crippen LogP contribution in [0.4, 0.5) is 5.69 Å². The molecule has 0 spiro atoms. The Bertz CT molecular complexity index is 552. The van der Waals surface area contributed by atoms with Crippen molar-refractivity contribution in [2.24, 2.45) is 0 Å². The van der Waals surface area contributed by atoms with Crippen LogP contribution in [0.15, 0.2) is 18.3 Å². The van der Waals surface area contributed by atoms with Gasteiger partial charge in [-0.15, -0.1) is 0 Å². The van der Waals surface area contributed by atoms with Crippen LogP contribution in [0.5, 0.6) is 5.88 Å². The Morgan fingerprint density at radius 2 is 2.09 bits per heavy atom. The van der Waals surface area contributed by atoms with Crippen LogP contribution in [-0.2, 0) is 10.0 Å². The predicted molar refractivity (Wildman–Crippen MR) is 87.7 cm³/mol. The first-order valence-electron chi connectivity index (χ1n) is 7.80. The fourth-order valence-corrected chi connectivity index (χ4v) is 3.60. The minimum atomic E-state index is -3.28. The minimum absolute atomic E-state index is 0.136. The molecule has 7 heteroatoms. The first-order valence-corrected chi connectivity index (χ1v) is 9.45. The maximum absolute atomic E-state index is 11.8. The van der Waals surface area contributed by atoms with Crippen molar-refractivity contribution in [1.29, 1.82) is 0 Å². The van der Waals surface area contributed by atoms with E-state index in [-0.39, 0.29) is 11.9 Å². The summed E-state index contributed by atoms with van der Waals surface area (Å²) in [6, 6.07) is 3.41. The molecule has 1 N–H and O–H groups in total. The smallest absolute Gasteiger partial charge is 0.232 e. The Kier molecular flexibility index (Phi) is 6.02. The molecule has 0 saturated carbocycles. The molecule has 2 heterocycles. The molecule has 22 heavy (non-hydrogen) atoms. The van der Waals surface area contributed by atoms with Gasteiger partial charge >= 0.3 is 0 Å². The van der Waals surface area contributed by atoms with E-state index in [0.29, 0.717) is 18.0 Å². The van der Waals surface area contributed by atoms with E-state index in [0.717, 1.165) is 32.4 Å². The molecule has 6 nitrogen and oxygen atoms in total. The summed E-state index contributed by atoms with van der Waals surface area (Å²) in [6.07, 6.45) is 5.18. The van der Waals surface area contributed by atoms with Gasteiger partial charge in [-0.2, -0.15) is 0 Å². The van der Waals surface area contributed by atoms with Crippen LogP contribution in [0, 0.1) is 0 Å². The molecule has 0 amide bonds. The zero-order valence-electron chi connectivity index (χ0n) is 13.3. The van der Waals surface area contributed by atoms with Gasteiger partial charge in [0.05, 0.1) is 17.6 Å². The second-order valence-corrected chi connectivity index (χ2v) is 7.62. The predicted octanol–water partition coefficient (Wildman–Crippen LogP) is 2.10. The van der Waals surface area contributed by atoms with E-state index in [9.17, 15) is 8.42 Å². The van der Waals surface area contributed by atoms with Crippen molar-refractivity contribution in [3.63, 3.8) is 0 Å². The highest BCUT2D eigenvalue weighted by atomic mass is 32.2. The average Bonchev–Trinajstić information content (AvgIpc) is 2.49. The molecular formula is C15H25N3O3S. The normalized spacial score (nSPS) is 17.4. The van der Waals surface area contributed by atoms with Crippen molar-refractivity contribution in [2.75, 3.05) is 30.6 Å². The third-order valence-electron chi connectivity index (χ3n) is 3.73. The van der Waals surface area contributed by atoms with E-state index in [1.807, 2.05) is 6.92 Å². The summed E-state index contributed by atoms with van der Waals surface area (Å²) in [5, 5.41) is 0. The van der Waals surface area contributed by atoms with Gasteiger partial charge in [0.2, 0.25) is 15.9 Å². The molecule has 0 bridgehead atoms. The third kappa shape index (κ3) is 5.46. The van der Waals surface area contributed by atoms with Gasteiger partial charge in [-0.1, -0.05) is 13.3 Å². The Balaban J connectivity index is 1.87. The molecule has 0 aliphatic carbocycles. The van der Waals surface area contributed by atoms with Crippen molar-refractivity contribution in [1.82, 2.24) is 9.88 Å². The highest BCUT2D eigenvalue weighted by Crippen LogP contribution is 2.18. The van der Waals surface area contributed by atoms with Gasteiger partial charge in [0.25, 0.3) is 0 Å². The van der Waals surface area contributed by atoms with Crippen LogP contribution < -0.4 is 9.46 Å². The SMILES string of the molecule is CCCCS(=O)(=O)Nc1ccc(OC2CCN(C)CC2)nc1. The maximum Gasteiger partial charge on any atom is 0.232 e. The number of ether oxygens (including phenoxy) is 1. The second kappa shape index (κ2) is 7.78. The van der Waals surface area contributed by atoms with Gasteiger partial charge in [0.15, 0.2) is 0 Å². The Labute approximate surface area is 132 Å². The number of pyridine rings is 1. The number of sulfonamides is 1.